The van der Waals surface area contributed by atoms with E-state index in [1.807, 2.05) is 32.9 Å². The van der Waals surface area contributed by atoms with Crippen LogP contribution in [0.25, 0.3) is 0 Å². The fraction of sp³-hybridized carbons (Fsp3) is 0.300. The van der Waals surface area contributed by atoms with Crippen LogP contribution in [0.1, 0.15) is 16.7 Å². The summed E-state index contributed by atoms with van der Waals surface area (Å²) < 4.78 is 25.8. The van der Waals surface area contributed by atoms with Crippen molar-refractivity contribution in [3.63, 3.8) is 0 Å². The molecule has 2 amide bonds. The highest BCUT2D eigenvalue weighted by molar-refractivity contribution is 7.89. The van der Waals surface area contributed by atoms with Crippen LogP contribution in [0.2, 0.25) is 0 Å². The molecule has 0 aliphatic carbocycles. The van der Waals surface area contributed by atoms with Crippen molar-refractivity contribution < 1.29 is 18.0 Å². The van der Waals surface area contributed by atoms with Crippen molar-refractivity contribution in [1.29, 1.82) is 0 Å². The molecule has 0 fully saturated rings. The van der Waals surface area contributed by atoms with Crippen molar-refractivity contribution >= 4 is 27.5 Å². The van der Waals surface area contributed by atoms with Crippen molar-refractivity contribution in [3.8, 4) is 0 Å². The fourth-order valence-electron chi connectivity index (χ4n) is 2.86. The standard InChI is InChI=1S/C20H25N3O4S/c1-14-10-15(2)20(16(3)11-14)22-18(24)12-21-19(25)13-23(4)28(26,27)17-8-6-5-7-9-17/h5-11H,12-13H2,1-4H3,(H,21,25)(H,22,24). The van der Waals surface area contributed by atoms with Crippen molar-refractivity contribution in [2.45, 2.75) is 25.7 Å². The van der Waals surface area contributed by atoms with Crippen LogP contribution in [0.3, 0.4) is 0 Å². The van der Waals surface area contributed by atoms with Crippen LogP contribution in [0, 0.1) is 20.8 Å². The summed E-state index contributed by atoms with van der Waals surface area (Å²) >= 11 is 0. The van der Waals surface area contributed by atoms with E-state index in [4.69, 9.17) is 0 Å². The molecule has 2 aromatic carbocycles. The summed E-state index contributed by atoms with van der Waals surface area (Å²) in [6, 6.07) is 11.8. The van der Waals surface area contributed by atoms with E-state index < -0.39 is 15.9 Å². The number of likely N-dealkylation sites (N-methyl/N-ethyl adjacent to an activating group) is 1. The first-order chi connectivity index (χ1) is 13.1. The molecule has 7 nitrogen and oxygen atoms in total. The van der Waals surface area contributed by atoms with Crippen molar-refractivity contribution in [2.24, 2.45) is 0 Å². The Bertz CT molecular complexity index is 949. The maximum absolute atomic E-state index is 12.4. The highest BCUT2D eigenvalue weighted by atomic mass is 32.2. The zero-order valence-electron chi connectivity index (χ0n) is 16.4. The summed E-state index contributed by atoms with van der Waals surface area (Å²) in [4.78, 5) is 24.3. The van der Waals surface area contributed by atoms with E-state index >= 15 is 0 Å². The van der Waals surface area contributed by atoms with Gasteiger partial charge >= 0.3 is 0 Å². The Balaban J connectivity index is 1.91. The minimum Gasteiger partial charge on any atom is -0.346 e. The first-order valence-corrected chi connectivity index (χ1v) is 10.2. The molecule has 0 heterocycles. The fourth-order valence-corrected chi connectivity index (χ4v) is 4.00. The number of hydrogen-bond donors (Lipinski definition) is 2. The van der Waals surface area contributed by atoms with Crippen LogP contribution < -0.4 is 10.6 Å². The summed E-state index contributed by atoms with van der Waals surface area (Å²) in [5, 5.41) is 5.24. The number of nitrogens with zero attached hydrogens (tertiary/aromatic N) is 1. The second-order valence-corrected chi connectivity index (χ2v) is 8.72. The minimum absolute atomic E-state index is 0.105. The molecule has 28 heavy (non-hydrogen) atoms. The van der Waals surface area contributed by atoms with Gasteiger partial charge in [0, 0.05) is 12.7 Å². The number of nitrogens with one attached hydrogen (secondary N) is 2. The molecule has 0 atom stereocenters. The Hall–Kier alpha value is -2.71. The minimum atomic E-state index is -3.76. The third-order valence-corrected chi connectivity index (χ3v) is 6.02. The molecule has 0 radical (unpaired) electrons. The Kier molecular flexibility index (Phi) is 6.93. The van der Waals surface area contributed by atoms with Gasteiger partial charge in [-0.25, -0.2) is 8.42 Å². The number of anilines is 1. The van der Waals surface area contributed by atoms with E-state index in [0.29, 0.717) is 5.69 Å². The van der Waals surface area contributed by atoms with Crippen molar-refractivity contribution in [3.05, 3.63) is 59.2 Å². The average molecular weight is 404 g/mol. The molecule has 0 unspecified atom stereocenters. The number of benzene rings is 2. The van der Waals surface area contributed by atoms with Crippen LogP contribution in [0.15, 0.2) is 47.4 Å². The summed E-state index contributed by atoms with van der Waals surface area (Å²) in [7, 11) is -2.44. The molecule has 8 heteroatoms. The number of amides is 2. The second kappa shape index (κ2) is 8.99. The van der Waals surface area contributed by atoms with Gasteiger partial charge in [-0.1, -0.05) is 35.9 Å². The number of rotatable bonds is 7. The lowest BCUT2D eigenvalue weighted by molar-refractivity contribution is -0.124. The number of hydrogen-bond acceptors (Lipinski definition) is 4. The van der Waals surface area contributed by atoms with E-state index in [9.17, 15) is 18.0 Å². The topological polar surface area (TPSA) is 95.6 Å². The van der Waals surface area contributed by atoms with Gasteiger partial charge in [-0.15, -0.1) is 0 Å². The van der Waals surface area contributed by atoms with Gasteiger partial charge in [0.15, 0.2) is 0 Å². The summed E-state index contributed by atoms with van der Waals surface area (Å²) in [6.45, 7) is 5.15. The lowest BCUT2D eigenvalue weighted by atomic mass is 10.1. The van der Waals surface area contributed by atoms with Gasteiger partial charge in [0.05, 0.1) is 18.0 Å². The number of sulfonamides is 1. The smallest absolute Gasteiger partial charge is 0.243 e. The van der Waals surface area contributed by atoms with Crippen LogP contribution in [0.5, 0.6) is 0 Å². The molecule has 0 aromatic heterocycles. The summed E-state index contributed by atoms with van der Waals surface area (Å²) in [5.41, 5.74) is 3.69. The van der Waals surface area contributed by atoms with Crippen molar-refractivity contribution in [2.75, 3.05) is 25.5 Å². The Morgan fingerprint density at radius 1 is 0.964 bits per heavy atom. The maximum Gasteiger partial charge on any atom is 0.243 e. The Labute approximate surface area is 165 Å². The lowest BCUT2D eigenvalue weighted by Crippen LogP contribution is -2.41. The normalized spacial score (nSPS) is 11.3. The first kappa shape index (κ1) is 21.6. The van der Waals surface area contributed by atoms with Gasteiger partial charge in [-0.2, -0.15) is 4.31 Å². The van der Waals surface area contributed by atoms with Gasteiger partial charge < -0.3 is 10.6 Å². The summed E-state index contributed by atoms with van der Waals surface area (Å²) in [6.07, 6.45) is 0. The molecule has 0 spiro atoms. The van der Waals surface area contributed by atoms with E-state index in [2.05, 4.69) is 10.6 Å². The molecule has 0 saturated carbocycles. The second-order valence-electron chi connectivity index (χ2n) is 6.67. The van der Waals surface area contributed by atoms with E-state index in [0.717, 1.165) is 21.0 Å². The molecule has 0 aliphatic rings. The SMILES string of the molecule is Cc1cc(C)c(NC(=O)CNC(=O)CN(C)S(=O)(=O)c2ccccc2)c(C)c1. The average Bonchev–Trinajstić information content (AvgIpc) is 2.63. The van der Waals surface area contributed by atoms with Gasteiger partial charge in [0.25, 0.3) is 0 Å². The Morgan fingerprint density at radius 2 is 1.54 bits per heavy atom. The summed E-state index contributed by atoms with van der Waals surface area (Å²) in [5.74, 6) is -0.938. The predicted molar refractivity (Wildman–Crippen MR) is 109 cm³/mol. The van der Waals surface area contributed by atoms with Crippen molar-refractivity contribution in [1.82, 2.24) is 9.62 Å². The number of carbonyl (C=O) groups excluding carboxylic acids is 2. The van der Waals surface area contributed by atoms with Crippen LogP contribution in [-0.2, 0) is 19.6 Å². The van der Waals surface area contributed by atoms with Crippen LogP contribution in [-0.4, -0.2) is 44.7 Å². The van der Waals surface area contributed by atoms with E-state index in [-0.39, 0.29) is 23.9 Å². The zero-order valence-corrected chi connectivity index (χ0v) is 17.3. The van der Waals surface area contributed by atoms with Gasteiger partial charge in [0.2, 0.25) is 21.8 Å². The third-order valence-electron chi connectivity index (χ3n) is 4.21. The van der Waals surface area contributed by atoms with Crippen LogP contribution >= 0.6 is 0 Å². The molecular formula is C20H25N3O4S. The molecule has 2 rings (SSSR count). The quantitative estimate of drug-likeness (QED) is 0.739. The predicted octanol–water partition coefficient (Wildman–Crippen LogP) is 1.99. The van der Waals surface area contributed by atoms with Gasteiger partial charge in [0.1, 0.15) is 0 Å². The monoisotopic (exact) mass is 403 g/mol. The maximum atomic E-state index is 12.4. The first-order valence-electron chi connectivity index (χ1n) is 8.77. The lowest BCUT2D eigenvalue weighted by Gasteiger charge is -2.17. The zero-order chi connectivity index (χ0) is 20.9. The molecular weight excluding hydrogens is 378 g/mol. The molecule has 2 N–H and O–H groups in total. The molecule has 2 aromatic rings. The molecule has 0 saturated heterocycles. The van der Waals surface area contributed by atoms with Gasteiger partial charge in [-0.3, -0.25) is 9.59 Å². The molecule has 150 valence electrons. The third kappa shape index (κ3) is 5.40. The molecule has 0 aliphatic heterocycles. The number of aryl methyl sites for hydroxylation is 3. The largest absolute Gasteiger partial charge is 0.346 e. The van der Waals surface area contributed by atoms with E-state index in [1.54, 1.807) is 18.2 Å². The van der Waals surface area contributed by atoms with Crippen LogP contribution in [0.4, 0.5) is 5.69 Å². The number of carbonyl (C=O) groups is 2. The van der Waals surface area contributed by atoms with Gasteiger partial charge in [-0.05, 0) is 44.0 Å². The molecule has 0 bridgehead atoms. The van der Waals surface area contributed by atoms with E-state index in [1.165, 1.54) is 19.2 Å². The highest BCUT2D eigenvalue weighted by Crippen LogP contribution is 2.21. The highest BCUT2D eigenvalue weighted by Gasteiger charge is 2.22. The Morgan fingerprint density at radius 3 is 2.11 bits per heavy atom.